The standard InChI is InChI=1S/C24H32N4O7S/c1-3-19(22(30)24-26-20(4-2)27-35-24)25-23(31)17(16-21(29)28-11-13-34-14-12-28)10-15-36(32,33)18-8-6-5-7-9-18/h5-9,17,19H,3-4,10-16H2,1-2H3,(H,25,31)/t17-,19+/m1/s1. The fourth-order valence-electron chi connectivity index (χ4n) is 3.81. The van der Waals surface area contributed by atoms with Gasteiger partial charge >= 0.3 is 0 Å². The van der Waals surface area contributed by atoms with Gasteiger partial charge in [0.25, 0.3) is 5.89 Å². The number of benzene rings is 1. The van der Waals surface area contributed by atoms with Crippen LogP contribution >= 0.6 is 0 Å². The van der Waals surface area contributed by atoms with E-state index in [4.69, 9.17) is 9.26 Å². The van der Waals surface area contributed by atoms with E-state index in [1.807, 2.05) is 6.92 Å². The first-order valence-electron chi connectivity index (χ1n) is 12.1. The third kappa shape index (κ3) is 7.20. The Kier molecular flexibility index (Phi) is 9.71. The third-order valence-corrected chi connectivity index (χ3v) is 7.79. The molecule has 1 N–H and O–H groups in total. The molecule has 12 heteroatoms. The van der Waals surface area contributed by atoms with Crippen LogP contribution in [0.15, 0.2) is 39.8 Å². The van der Waals surface area contributed by atoms with Gasteiger partial charge in [0.2, 0.25) is 17.6 Å². The molecule has 2 heterocycles. The van der Waals surface area contributed by atoms with E-state index in [9.17, 15) is 22.8 Å². The lowest BCUT2D eigenvalue weighted by Gasteiger charge is -2.28. The monoisotopic (exact) mass is 520 g/mol. The zero-order valence-electron chi connectivity index (χ0n) is 20.5. The number of morpholine rings is 1. The molecule has 1 aliphatic rings. The molecule has 1 aliphatic heterocycles. The van der Waals surface area contributed by atoms with Crippen molar-refractivity contribution >= 4 is 27.4 Å². The number of carbonyl (C=O) groups excluding carboxylic acids is 3. The lowest BCUT2D eigenvalue weighted by Crippen LogP contribution is -2.46. The number of amides is 2. The van der Waals surface area contributed by atoms with E-state index in [1.165, 1.54) is 12.1 Å². The van der Waals surface area contributed by atoms with Crippen LogP contribution < -0.4 is 5.32 Å². The molecule has 1 saturated heterocycles. The molecule has 0 unspecified atom stereocenters. The Labute approximate surface area is 210 Å². The number of nitrogens with one attached hydrogen (secondary N) is 1. The van der Waals surface area contributed by atoms with Gasteiger partial charge in [-0.1, -0.05) is 37.2 Å². The largest absolute Gasteiger partial charge is 0.378 e. The maximum atomic E-state index is 13.3. The first-order chi connectivity index (χ1) is 17.2. The van der Waals surface area contributed by atoms with Crippen LogP contribution in [0.3, 0.4) is 0 Å². The summed E-state index contributed by atoms with van der Waals surface area (Å²) in [4.78, 5) is 44.8. The van der Waals surface area contributed by atoms with Gasteiger partial charge < -0.3 is 19.5 Å². The second-order valence-electron chi connectivity index (χ2n) is 8.52. The maximum absolute atomic E-state index is 13.3. The molecule has 1 fully saturated rings. The number of hydrogen-bond acceptors (Lipinski definition) is 9. The highest BCUT2D eigenvalue weighted by atomic mass is 32.2. The Morgan fingerprint density at radius 1 is 1.11 bits per heavy atom. The molecule has 0 spiro atoms. The van der Waals surface area contributed by atoms with Gasteiger partial charge in [-0.05, 0) is 25.0 Å². The number of nitrogens with zero attached hydrogens (tertiary/aromatic N) is 3. The minimum atomic E-state index is -3.67. The number of aryl methyl sites for hydroxylation is 1. The van der Waals surface area contributed by atoms with Crippen LogP contribution in [-0.4, -0.2) is 79.2 Å². The fourth-order valence-corrected chi connectivity index (χ4v) is 5.21. The Balaban J connectivity index is 1.74. The zero-order valence-corrected chi connectivity index (χ0v) is 21.3. The van der Waals surface area contributed by atoms with Gasteiger partial charge in [-0.2, -0.15) is 4.98 Å². The number of aromatic nitrogens is 2. The highest BCUT2D eigenvalue weighted by Crippen LogP contribution is 2.19. The Morgan fingerprint density at radius 3 is 2.42 bits per heavy atom. The summed E-state index contributed by atoms with van der Waals surface area (Å²) < 4.78 is 35.9. The topological polar surface area (TPSA) is 149 Å². The average molecular weight is 521 g/mol. The van der Waals surface area contributed by atoms with Crippen molar-refractivity contribution in [3.8, 4) is 0 Å². The van der Waals surface area contributed by atoms with Crippen LogP contribution in [0.4, 0.5) is 0 Å². The molecular formula is C24H32N4O7S. The summed E-state index contributed by atoms with van der Waals surface area (Å²) in [5.74, 6) is -2.47. The number of hydrogen-bond donors (Lipinski definition) is 1. The van der Waals surface area contributed by atoms with Crippen molar-refractivity contribution in [1.82, 2.24) is 20.4 Å². The predicted molar refractivity (Wildman–Crippen MR) is 129 cm³/mol. The lowest BCUT2D eigenvalue weighted by molar-refractivity contribution is -0.139. The van der Waals surface area contributed by atoms with Crippen LogP contribution in [0.5, 0.6) is 0 Å². The molecule has 196 valence electrons. The Bertz CT molecular complexity index is 1140. The summed E-state index contributed by atoms with van der Waals surface area (Å²) in [6.45, 7) is 5.15. The third-order valence-electron chi connectivity index (χ3n) is 6.03. The van der Waals surface area contributed by atoms with Gasteiger partial charge in [0, 0.05) is 31.8 Å². The van der Waals surface area contributed by atoms with Crippen molar-refractivity contribution < 1.29 is 32.1 Å². The number of sulfone groups is 1. The highest BCUT2D eigenvalue weighted by molar-refractivity contribution is 7.91. The van der Waals surface area contributed by atoms with Crippen molar-refractivity contribution in [2.45, 2.75) is 50.5 Å². The second-order valence-corrected chi connectivity index (χ2v) is 10.6. The van der Waals surface area contributed by atoms with Crippen LogP contribution in [0.1, 0.15) is 49.6 Å². The molecular weight excluding hydrogens is 488 g/mol. The summed E-state index contributed by atoms with van der Waals surface area (Å²) in [6, 6.07) is 6.99. The SMILES string of the molecule is CCc1noc(C(=O)[C@H](CC)NC(=O)[C@H](CCS(=O)(=O)c2ccccc2)CC(=O)N2CCOCC2)n1. The maximum Gasteiger partial charge on any atom is 0.296 e. The van der Waals surface area contributed by atoms with Crippen molar-refractivity contribution in [1.29, 1.82) is 0 Å². The second kappa shape index (κ2) is 12.7. The summed E-state index contributed by atoms with van der Waals surface area (Å²) in [7, 11) is -3.67. The normalized spacial score (nSPS) is 15.8. The molecule has 1 aromatic carbocycles. The smallest absolute Gasteiger partial charge is 0.296 e. The van der Waals surface area contributed by atoms with Gasteiger partial charge in [-0.15, -0.1) is 0 Å². The van der Waals surface area contributed by atoms with Gasteiger partial charge in [0.1, 0.15) is 0 Å². The summed E-state index contributed by atoms with van der Waals surface area (Å²) in [5, 5.41) is 6.39. The lowest BCUT2D eigenvalue weighted by atomic mass is 9.98. The molecule has 0 bridgehead atoms. The van der Waals surface area contributed by atoms with E-state index < -0.39 is 33.5 Å². The summed E-state index contributed by atoms with van der Waals surface area (Å²) >= 11 is 0. The Hall–Kier alpha value is -3.12. The van der Waals surface area contributed by atoms with Crippen molar-refractivity contribution in [2.75, 3.05) is 32.1 Å². The van der Waals surface area contributed by atoms with Gasteiger partial charge in [-0.25, -0.2) is 8.42 Å². The molecule has 0 aliphatic carbocycles. The van der Waals surface area contributed by atoms with Crippen molar-refractivity contribution in [3.05, 3.63) is 42.0 Å². The van der Waals surface area contributed by atoms with Gasteiger partial charge in [0.15, 0.2) is 15.7 Å². The minimum Gasteiger partial charge on any atom is -0.378 e. The molecule has 11 nitrogen and oxygen atoms in total. The molecule has 0 saturated carbocycles. The first-order valence-corrected chi connectivity index (χ1v) is 13.7. The van der Waals surface area contributed by atoms with E-state index in [2.05, 4.69) is 15.5 Å². The van der Waals surface area contributed by atoms with Crippen molar-refractivity contribution in [3.63, 3.8) is 0 Å². The quantitative estimate of drug-likeness (QED) is 0.410. The van der Waals surface area contributed by atoms with Crippen molar-refractivity contribution in [2.24, 2.45) is 5.92 Å². The van der Waals surface area contributed by atoms with E-state index in [0.29, 0.717) is 38.5 Å². The van der Waals surface area contributed by atoms with Crippen LogP contribution in [0, 0.1) is 5.92 Å². The van der Waals surface area contributed by atoms with Crippen LogP contribution in [0.25, 0.3) is 0 Å². The summed E-state index contributed by atoms with van der Waals surface area (Å²) in [6.07, 6.45) is 0.480. The van der Waals surface area contributed by atoms with Crippen LogP contribution in [0.2, 0.25) is 0 Å². The number of ketones is 1. The van der Waals surface area contributed by atoms with E-state index in [0.717, 1.165) is 0 Å². The number of Topliss-reactive ketones (excluding diaryl/α,β-unsaturated/α-hetero) is 1. The number of rotatable bonds is 12. The number of carbonyl (C=O) groups is 3. The summed E-state index contributed by atoms with van der Waals surface area (Å²) in [5.41, 5.74) is 0. The van der Waals surface area contributed by atoms with Gasteiger partial charge in [0.05, 0.1) is 29.9 Å². The van der Waals surface area contributed by atoms with E-state index in [-0.39, 0.29) is 41.7 Å². The highest BCUT2D eigenvalue weighted by Gasteiger charge is 2.32. The number of ether oxygens (including phenoxy) is 1. The molecule has 36 heavy (non-hydrogen) atoms. The molecule has 1 aromatic heterocycles. The van der Waals surface area contributed by atoms with Crippen LogP contribution in [-0.2, 0) is 30.6 Å². The van der Waals surface area contributed by atoms with Gasteiger partial charge in [-0.3, -0.25) is 14.4 Å². The predicted octanol–water partition coefficient (Wildman–Crippen LogP) is 1.44. The fraction of sp³-hybridized carbons (Fsp3) is 0.542. The van der Waals surface area contributed by atoms with E-state index in [1.54, 1.807) is 30.0 Å². The minimum absolute atomic E-state index is 0.0791. The molecule has 2 amide bonds. The molecule has 3 rings (SSSR count). The molecule has 2 atom stereocenters. The molecule has 2 aromatic rings. The van der Waals surface area contributed by atoms with E-state index >= 15 is 0 Å². The zero-order chi connectivity index (χ0) is 26.1. The molecule has 0 radical (unpaired) electrons. The average Bonchev–Trinajstić information content (AvgIpc) is 3.39. The Morgan fingerprint density at radius 2 is 1.81 bits per heavy atom. The first kappa shape index (κ1) is 27.5.